The van der Waals surface area contributed by atoms with E-state index in [0.29, 0.717) is 6.04 Å². The molecule has 0 spiro atoms. The Morgan fingerprint density at radius 1 is 1.08 bits per heavy atom. The van der Waals surface area contributed by atoms with Crippen LogP contribution in [-0.2, 0) is 7.05 Å². The zero-order valence-electron chi connectivity index (χ0n) is 15.0. The quantitative estimate of drug-likeness (QED) is 0.775. The van der Waals surface area contributed by atoms with Crippen molar-refractivity contribution in [2.24, 2.45) is 7.05 Å². The molecule has 3 aromatic heterocycles. The lowest BCUT2D eigenvalue weighted by atomic mass is 10.2. The molecular formula is C16H24N8. The molecule has 0 amide bonds. The largest absolute Gasteiger partial charge is 0.360 e. The van der Waals surface area contributed by atoms with E-state index in [1.165, 1.54) is 0 Å². The van der Waals surface area contributed by atoms with Crippen molar-refractivity contribution in [2.75, 3.05) is 5.32 Å². The summed E-state index contributed by atoms with van der Waals surface area (Å²) in [6.07, 6.45) is 3.55. The standard InChI is InChI=1S/C16H24N8/c1-9(2)13-20-14(12-7-18-23(6)16(12)21-13)19-11(5)15-22-17-8-24(15)10(3)4/h7-11H,1-6H3,(H,19,20,21). The van der Waals surface area contributed by atoms with Crippen molar-refractivity contribution in [3.8, 4) is 0 Å². The Balaban J connectivity index is 2.01. The molecule has 0 bridgehead atoms. The first kappa shape index (κ1) is 16.4. The molecule has 0 saturated carbocycles. The lowest BCUT2D eigenvalue weighted by Crippen LogP contribution is -2.16. The van der Waals surface area contributed by atoms with Gasteiger partial charge in [0.15, 0.2) is 11.5 Å². The van der Waals surface area contributed by atoms with Crippen molar-refractivity contribution in [3.63, 3.8) is 0 Å². The Labute approximate surface area is 141 Å². The van der Waals surface area contributed by atoms with E-state index in [1.54, 1.807) is 17.2 Å². The minimum absolute atomic E-state index is 0.0341. The molecule has 1 N–H and O–H groups in total. The predicted octanol–water partition coefficient (Wildman–Crippen LogP) is 2.83. The summed E-state index contributed by atoms with van der Waals surface area (Å²) in [5, 5.41) is 17.0. The third-order valence-corrected chi connectivity index (χ3v) is 4.02. The monoisotopic (exact) mass is 328 g/mol. The summed E-state index contributed by atoms with van der Waals surface area (Å²) >= 11 is 0. The number of nitrogens with one attached hydrogen (secondary N) is 1. The first-order valence-corrected chi connectivity index (χ1v) is 8.24. The Morgan fingerprint density at radius 3 is 2.50 bits per heavy atom. The van der Waals surface area contributed by atoms with E-state index < -0.39 is 0 Å². The zero-order chi connectivity index (χ0) is 17.4. The molecule has 1 unspecified atom stereocenters. The molecule has 0 aliphatic carbocycles. The normalized spacial score (nSPS) is 13.2. The molecule has 24 heavy (non-hydrogen) atoms. The highest BCUT2D eigenvalue weighted by Gasteiger charge is 2.19. The van der Waals surface area contributed by atoms with E-state index in [4.69, 9.17) is 4.98 Å². The number of fused-ring (bicyclic) bond motifs is 1. The molecule has 8 nitrogen and oxygen atoms in total. The molecule has 3 aromatic rings. The number of nitrogens with zero attached hydrogens (tertiary/aromatic N) is 7. The molecule has 3 rings (SSSR count). The molecule has 1 atom stereocenters. The Kier molecular flexibility index (Phi) is 4.21. The Morgan fingerprint density at radius 2 is 1.83 bits per heavy atom. The lowest BCUT2D eigenvalue weighted by Gasteiger charge is -2.18. The fourth-order valence-corrected chi connectivity index (χ4v) is 2.64. The maximum absolute atomic E-state index is 4.71. The average molecular weight is 328 g/mol. The molecule has 0 aromatic carbocycles. The van der Waals surface area contributed by atoms with E-state index >= 15 is 0 Å². The van der Waals surface area contributed by atoms with Crippen LogP contribution in [0.5, 0.6) is 0 Å². The van der Waals surface area contributed by atoms with E-state index in [-0.39, 0.29) is 12.0 Å². The van der Waals surface area contributed by atoms with Crippen LogP contribution in [0.25, 0.3) is 11.0 Å². The number of hydrogen-bond donors (Lipinski definition) is 1. The topological polar surface area (TPSA) is 86.3 Å². The molecule has 0 aliphatic heterocycles. The van der Waals surface area contributed by atoms with Gasteiger partial charge < -0.3 is 9.88 Å². The van der Waals surface area contributed by atoms with Gasteiger partial charge in [0.1, 0.15) is 18.0 Å². The Bertz CT molecular complexity index is 845. The smallest absolute Gasteiger partial charge is 0.163 e. The average Bonchev–Trinajstić information content (AvgIpc) is 3.14. The van der Waals surface area contributed by atoms with Crippen molar-refractivity contribution in [1.29, 1.82) is 0 Å². The van der Waals surface area contributed by atoms with E-state index in [0.717, 1.165) is 28.5 Å². The first-order valence-electron chi connectivity index (χ1n) is 8.24. The molecule has 8 heteroatoms. The molecule has 3 heterocycles. The minimum atomic E-state index is -0.0341. The van der Waals surface area contributed by atoms with E-state index in [9.17, 15) is 0 Å². The number of aromatic nitrogens is 7. The maximum atomic E-state index is 4.71. The molecule has 0 radical (unpaired) electrons. The van der Waals surface area contributed by atoms with Gasteiger partial charge in [-0.05, 0) is 20.8 Å². The molecule has 0 saturated heterocycles. The maximum Gasteiger partial charge on any atom is 0.163 e. The number of hydrogen-bond acceptors (Lipinski definition) is 6. The fourth-order valence-electron chi connectivity index (χ4n) is 2.64. The highest BCUT2D eigenvalue weighted by Crippen LogP contribution is 2.26. The summed E-state index contributed by atoms with van der Waals surface area (Å²) in [5.41, 5.74) is 0.828. The van der Waals surface area contributed by atoms with Gasteiger partial charge in [-0.1, -0.05) is 13.8 Å². The van der Waals surface area contributed by atoms with Crippen LogP contribution in [0.2, 0.25) is 0 Å². The van der Waals surface area contributed by atoms with Crippen LogP contribution in [0.1, 0.15) is 64.3 Å². The van der Waals surface area contributed by atoms with Gasteiger partial charge in [0.25, 0.3) is 0 Å². The van der Waals surface area contributed by atoms with Crippen LogP contribution in [0.3, 0.4) is 0 Å². The SMILES string of the molecule is CC(C)c1nc(NC(C)c2nncn2C(C)C)c2cnn(C)c2n1. The zero-order valence-corrected chi connectivity index (χ0v) is 15.0. The van der Waals surface area contributed by atoms with Crippen molar-refractivity contribution in [3.05, 3.63) is 24.2 Å². The summed E-state index contributed by atoms with van der Waals surface area (Å²) < 4.78 is 3.83. The third kappa shape index (κ3) is 2.83. The van der Waals surface area contributed by atoms with Gasteiger partial charge in [0.2, 0.25) is 0 Å². The number of aryl methyl sites for hydroxylation is 1. The Hall–Kier alpha value is -2.51. The van der Waals surface area contributed by atoms with Crippen LogP contribution in [0.15, 0.2) is 12.5 Å². The first-order chi connectivity index (χ1) is 11.4. The highest BCUT2D eigenvalue weighted by atomic mass is 15.3. The summed E-state index contributed by atoms with van der Waals surface area (Å²) in [6.45, 7) is 10.4. The van der Waals surface area contributed by atoms with Gasteiger partial charge >= 0.3 is 0 Å². The second kappa shape index (κ2) is 6.18. The summed E-state index contributed by atoms with van der Waals surface area (Å²) in [4.78, 5) is 9.33. The van der Waals surface area contributed by atoms with Crippen LogP contribution < -0.4 is 5.32 Å². The molecule has 0 aliphatic rings. The van der Waals surface area contributed by atoms with Crippen LogP contribution in [-0.4, -0.2) is 34.5 Å². The molecular weight excluding hydrogens is 304 g/mol. The second-order valence-electron chi connectivity index (χ2n) is 6.65. The summed E-state index contributed by atoms with van der Waals surface area (Å²) in [6, 6.07) is 0.266. The summed E-state index contributed by atoms with van der Waals surface area (Å²) in [5.74, 6) is 2.69. The van der Waals surface area contributed by atoms with E-state index in [1.807, 2.05) is 7.05 Å². The van der Waals surface area contributed by atoms with Crippen LogP contribution in [0, 0.1) is 0 Å². The molecule has 0 fully saturated rings. The van der Waals surface area contributed by atoms with Crippen molar-refractivity contribution >= 4 is 16.9 Å². The van der Waals surface area contributed by atoms with Gasteiger partial charge in [-0.3, -0.25) is 4.68 Å². The van der Waals surface area contributed by atoms with Crippen molar-refractivity contribution < 1.29 is 0 Å². The van der Waals surface area contributed by atoms with Gasteiger partial charge in [0, 0.05) is 19.0 Å². The third-order valence-electron chi connectivity index (χ3n) is 4.02. The highest BCUT2D eigenvalue weighted by molar-refractivity contribution is 5.86. The van der Waals surface area contributed by atoms with Crippen LogP contribution >= 0.6 is 0 Å². The van der Waals surface area contributed by atoms with Crippen molar-refractivity contribution in [1.82, 2.24) is 34.5 Å². The van der Waals surface area contributed by atoms with Crippen molar-refractivity contribution in [2.45, 2.75) is 52.6 Å². The number of rotatable bonds is 5. The predicted molar refractivity (Wildman–Crippen MR) is 92.8 cm³/mol. The van der Waals surface area contributed by atoms with Gasteiger partial charge in [-0.2, -0.15) is 5.10 Å². The molecule has 128 valence electrons. The number of anilines is 1. The van der Waals surface area contributed by atoms with Gasteiger partial charge in [-0.15, -0.1) is 10.2 Å². The second-order valence-corrected chi connectivity index (χ2v) is 6.65. The summed E-state index contributed by atoms with van der Waals surface area (Å²) in [7, 11) is 1.89. The van der Waals surface area contributed by atoms with Gasteiger partial charge in [0.05, 0.1) is 17.6 Å². The minimum Gasteiger partial charge on any atom is -0.360 e. The van der Waals surface area contributed by atoms with Crippen LogP contribution in [0.4, 0.5) is 5.82 Å². The lowest BCUT2D eigenvalue weighted by molar-refractivity contribution is 0.552. The van der Waals surface area contributed by atoms with E-state index in [2.05, 4.69) is 64.8 Å². The van der Waals surface area contributed by atoms with Gasteiger partial charge in [-0.25, -0.2) is 9.97 Å². The fraction of sp³-hybridized carbons (Fsp3) is 0.562.